The molecule has 1 aromatic carbocycles. The van der Waals surface area contributed by atoms with Crippen LogP contribution >= 0.6 is 11.8 Å². The van der Waals surface area contributed by atoms with E-state index in [0.717, 1.165) is 35.9 Å². The molecule has 1 N–H and O–H groups in total. The maximum Gasteiger partial charge on any atom is 0.161 e. The van der Waals surface area contributed by atoms with Gasteiger partial charge in [-0.25, -0.2) is 0 Å². The number of nitrogens with one attached hydrogen (secondary N) is 1. The second kappa shape index (κ2) is 5.79. The van der Waals surface area contributed by atoms with Crippen LogP contribution in [0.25, 0.3) is 0 Å². The van der Waals surface area contributed by atoms with E-state index in [1.165, 1.54) is 5.56 Å². The lowest BCUT2D eigenvalue weighted by Gasteiger charge is -2.20. The fourth-order valence-corrected chi connectivity index (χ4v) is 3.43. The van der Waals surface area contributed by atoms with Gasteiger partial charge in [0, 0.05) is 11.4 Å². The maximum absolute atomic E-state index is 4.86. The normalized spacial score (nSPS) is 17.6. The Labute approximate surface area is 114 Å². The van der Waals surface area contributed by atoms with Crippen molar-refractivity contribution in [3.05, 3.63) is 29.8 Å². The van der Waals surface area contributed by atoms with Gasteiger partial charge in [0.05, 0.1) is 5.54 Å². The molecule has 1 heterocycles. The fourth-order valence-electron chi connectivity index (χ4n) is 2.11. The number of nitrogens with zero attached hydrogens (tertiary/aromatic N) is 1. The first-order valence-corrected chi connectivity index (χ1v) is 7.78. The Morgan fingerprint density at radius 1 is 1.17 bits per heavy atom. The minimum Gasteiger partial charge on any atom is -0.335 e. The third kappa shape index (κ3) is 2.89. The van der Waals surface area contributed by atoms with Gasteiger partial charge in [0.25, 0.3) is 0 Å². The number of aryl methyl sites for hydroxylation is 1. The van der Waals surface area contributed by atoms with E-state index < -0.39 is 0 Å². The van der Waals surface area contributed by atoms with Gasteiger partial charge >= 0.3 is 0 Å². The molecule has 1 aliphatic rings. The fraction of sp³-hybridized carbons (Fsp3) is 0.533. The van der Waals surface area contributed by atoms with Gasteiger partial charge in [-0.3, -0.25) is 4.99 Å². The van der Waals surface area contributed by atoms with Gasteiger partial charge in [0.2, 0.25) is 0 Å². The molecule has 98 valence electrons. The molecule has 0 bridgehead atoms. The topological polar surface area (TPSA) is 24.4 Å². The number of amidine groups is 1. The first kappa shape index (κ1) is 13.5. The van der Waals surface area contributed by atoms with Gasteiger partial charge in [0.1, 0.15) is 0 Å². The van der Waals surface area contributed by atoms with Crippen molar-refractivity contribution < 1.29 is 0 Å². The monoisotopic (exact) mass is 262 g/mol. The lowest BCUT2D eigenvalue weighted by atomic mass is 9.97. The zero-order valence-corrected chi connectivity index (χ0v) is 12.3. The first-order valence-electron chi connectivity index (χ1n) is 6.80. The van der Waals surface area contributed by atoms with Gasteiger partial charge in [-0.1, -0.05) is 44.7 Å². The molecule has 0 fully saturated rings. The molecule has 0 saturated carbocycles. The minimum atomic E-state index is 0.163. The molecule has 18 heavy (non-hydrogen) atoms. The molecule has 0 aliphatic carbocycles. The zero-order valence-electron chi connectivity index (χ0n) is 11.5. The molecular weight excluding hydrogens is 240 g/mol. The highest BCUT2D eigenvalue weighted by atomic mass is 32.2. The van der Waals surface area contributed by atoms with Crippen molar-refractivity contribution >= 4 is 22.6 Å². The van der Waals surface area contributed by atoms with Crippen LogP contribution in [0.4, 0.5) is 5.69 Å². The van der Waals surface area contributed by atoms with E-state index in [1.54, 1.807) is 0 Å². The minimum absolute atomic E-state index is 0.163. The van der Waals surface area contributed by atoms with Crippen LogP contribution in [0.15, 0.2) is 29.3 Å². The third-order valence-corrected chi connectivity index (χ3v) is 4.89. The molecule has 3 heteroatoms. The Hall–Kier alpha value is -0.960. The number of rotatable bonds is 4. The lowest BCUT2D eigenvalue weighted by Crippen LogP contribution is -2.24. The smallest absolute Gasteiger partial charge is 0.161 e. The molecule has 0 amide bonds. The summed E-state index contributed by atoms with van der Waals surface area (Å²) in [5.74, 6) is 1.11. The summed E-state index contributed by atoms with van der Waals surface area (Å²) in [4.78, 5) is 4.86. The van der Waals surface area contributed by atoms with Gasteiger partial charge in [-0.15, -0.1) is 0 Å². The summed E-state index contributed by atoms with van der Waals surface area (Å²) in [6.07, 6.45) is 3.33. The van der Waals surface area contributed by atoms with Gasteiger partial charge in [-0.05, 0) is 37.0 Å². The Bertz CT molecular complexity index is 419. The van der Waals surface area contributed by atoms with E-state index >= 15 is 0 Å². The summed E-state index contributed by atoms with van der Waals surface area (Å²) in [5, 5.41) is 4.50. The van der Waals surface area contributed by atoms with E-state index in [0.29, 0.717) is 0 Å². The van der Waals surface area contributed by atoms with Gasteiger partial charge < -0.3 is 5.32 Å². The molecule has 2 rings (SSSR count). The number of hydrogen-bond donors (Lipinski definition) is 1. The number of hydrogen-bond acceptors (Lipinski definition) is 3. The largest absolute Gasteiger partial charge is 0.335 e. The van der Waals surface area contributed by atoms with Crippen molar-refractivity contribution in [2.24, 2.45) is 4.99 Å². The Balaban J connectivity index is 2.05. The predicted molar refractivity (Wildman–Crippen MR) is 82.6 cm³/mol. The van der Waals surface area contributed by atoms with Crippen molar-refractivity contribution in [3.63, 3.8) is 0 Å². The van der Waals surface area contributed by atoms with Gasteiger partial charge in [0.15, 0.2) is 5.17 Å². The van der Waals surface area contributed by atoms with E-state index in [1.807, 2.05) is 11.8 Å². The van der Waals surface area contributed by atoms with Crippen LogP contribution in [-0.2, 0) is 6.42 Å². The van der Waals surface area contributed by atoms with E-state index in [2.05, 4.69) is 50.4 Å². The first-order chi connectivity index (χ1) is 8.71. The highest BCUT2D eigenvalue weighted by molar-refractivity contribution is 8.14. The van der Waals surface area contributed by atoms with Gasteiger partial charge in [-0.2, -0.15) is 0 Å². The molecule has 0 atom stereocenters. The summed E-state index contributed by atoms with van der Waals surface area (Å²) < 4.78 is 0. The van der Waals surface area contributed by atoms with Crippen LogP contribution in [0.1, 0.15) is 39.2 Å². The Morgan fingerprint density at radius 3 is 2.33 bits per heavy atom. The van der Waals surface area contributed by atoms with Crippen LogP contribution in [0.2, 0.25) is 0 Å². The number of anilines is 1. The molecule has 1 aliphatic heterocycles. The quantitative estimate of drug-likeness (QED) is 0.873. The highest BCUT2D eigenvalue weighted by Crippen LogP contribution is 2.33. The predicted octanol–water partition coefficient (Wildman–Crippen LogP) is 4.32. The summed E-state index contributed by atoms with van der Waals surface area (Å²) in [6.45, 7) is 6.63. The van der Waals surface area contributed by atoms with Crippen LogP contribution < -0.4 is 5.32 Å². The van der Waals surface area contributed by atoms with E-state index in [4.69, 9.17) is 4.99 Å². The van der Waals surface area contributed by atoms with Crippen LogP contribution in [0.3, 0.4) is 0 Å². The average molecular weight is 262 g/mol. The van der Waals surface area contributed by atoms with Crippen LogP contribution in [0, 0.1) is 0 Å². The summed E-state index contributed by atoms with van der Waals surface area (Å²) >= 11 is 1.84. The molecule has 0 saturated heterocycles. The average Bonchev–Trinajstić information content (AvgIpc) is 2.84. The number of aliphatic imine (C=N–C) groups is 1. The van der Waals surface area contributed by atoms with Crippen molar-refractivity contribution in [2.75, 3.05) is 11.1 Å². The summed E-state index contributed by atoms with van der Waals surface area (Å²) in [5.41, 5.74) is 2.68. The molecular formula is C15H22N2S. The van der Waals surface area contributed by atoms with Crippen LogP contribution in [-0.4, -0.2) is 16.5 Å². The highest BCUT2D eigenvalue weighted by Gasteiger charge is 2.31. The standard InChI is InChI=1S/C15H22N2S/c1-4-12-7-9-13(10-8-12)16-14-17-15(5-2,6-3)11-18-14/h7-10H,4-6,11H2,1-3H3,(H,16,17). The van der Waals surface area contributed by atoms with E-state index in [9.17, 15) is 0 Å². The molecule has 0 radical (unpaired) electrons. The third-order valence-electron chi connectivity index (χ3n) is 3.75. The molecule has 2 nitrogen and oxygen atoms in total. The second-order valence-electron chi connectivity index (χ2n) is 4.81. The van der Waals surface area contributed by atoms with Crippen LogP contribution in [0.5, 0.6) is 0 Å². The molecule has 0 aromatic heterocycles. The van der Waals surface area contributed by atoms with Crippen molar-refractivity contribution in [1.82, 2.24) is 0 Å². The van der Waals surface area contributed by atoms with Crippen molar-refractivity contribution in [1.29, 1.82) is 0 Å². The lowest BCUT2D eigenvalue weighted by molar-refractivity contribution is 0.456. The summed E-state index contributed by atoms with van der Waals surface area (Å²) in [7, 11) is 0. The Morgan fingerprint density at radius 2 is 1.83 bits per heavy atom. The molecule has 1 aromatic rings. The van der Waals surface area contributed by atoms with E-state index in [-0.39, 0.29) is 5.54 Å². The second-order valence-corrected chi connectivity index (χ2v) is 5.78. The SMILES string of the molecule is CCc1ccc(NC2=NC(CC)(CC)CS2)cc1. The van der Waals surface area contributed by atoms with Crippen molar-refractivity contribution in [2.45, 2.75) is 45.6 Å². The van der Waals surface area contributed by atoms with Crippen molar-refractivity contribution in [3.8, 4) is 0 Å². The maximum atomic E-state index is 4.86. The molecule has 0 spiro atoms. The zero-order chi connectivity index (χ0) is 13.0. The number of thioether (sulfide) groups is 1. The molecule has 0 unspecified atom stereocenters. The summed E-state index contributed by atoms with van der Waals surface area (Å²) in [6, 6.07) is 8.63. The Kier molecular flexibility index (Phi) is 4.33. The number of benzene rings is 1.